The van der Waals surface area contributed by atoms with E-state index in [2.05, 4.69) is 28.5 Å². The molecule has 0 unspecified atom stereocenters. The molecule has 10 heteroatoms. The maximum atomic E-state index is 13.0. The van der Waals surface area contributed by atoms with Gasteiger partial charge in [-0.25, -0.2) is 9.97 Å². The first-order valence-corrected chi connectivity index (χ1v) is 8.95. The van der Waals surface area contributed by atoms with Gasteiger partial charge in [0, 0.05) is 31.2 Å². The van der Waals surface area contributed by atoms with Crippen molar-refractivity contribution in [3.8, 4) is 0 Å². The molecule has 0 spiro atoms. The van der Waals surface area contributed by atoms with Gasteiger partial charge in [-0.3, -0.25) is 0 Å². The number of hydrogen-bond donors (Lipinski definition) is 0. The Bertz CT molecular complexity index is 710. The SMILES string of the molecule is FC(F)(F)c1cc(N(C2CC2)C2CCN(c3cnsn3)CC2)ncn1. The van der Waals surface area contributed by atoms with Crippen molar-refractivity contribution in [1.82, 2.24) is 18.7 Å². The van der Waals surface area contributed by atoms with Gasteiger partial charge < -0.3 is 9.80 Å². The van der Waals surface area contributed by atoms with Gasteiger partial charge in [-0.05, 0) is 25.7 Å². The zero-order valence-corrected chi connectivity index (χ0v) is 14.2. The number of anilines is 2. The van der Waals surface area contributed by atoms with Gasteiger partial charge in [0.2, 0.25) is 0 Å². The molecule has 0 bridgehead atoms. The van der Waals surface area contributed by atoms with E-state index in [9.17, 15) is 13.2 Å². The van der Waals surface area contributed by atoms with E-state index in [0.29, 0.717) is 5.82 Å². The van der Waals surface area contributed by atoms with Crippen LogP contribution >= 0.6 is 11.7 Å². The van der Waals surface area contributed by atoms with Crippen LogP contribution in [0.3, 0.4) is 0 Å². The number of alkyl halides is 3. The highest BCUT2D eigenvalue weighted by Crippen LogP contribution is 2.37. The lowest BCUT2D eigenvalue weighted by Crippen LogP contribution is -2.46. The Labute approximate surface area is 147 Å². The lowest BCUT2D eigenvalue weighted by molar-refractivity contribution is -0.141. The number of aromatic nitrogens is 4. The van der Waals surface area contributed by atoms with Crippen LogP contribution in [-0.4, -0.2) is 43.9 Å². The predicted molar refractivity (Wildman–Crippen MR) is 87.7 cm³/mol. The van der Waals surface area contributed by atoms with Crippen LogP contribution in [0.1, 0.15) is 31.4 Å². The fraction of sp³-hybridized carbons (Fsp3) is 0.600. The van der Waals surface area contributed by atoms with Crippen molar-refractivity contribution in [3.63, 3.8) is 0 Å². The molecule has 1 saturated heterocycles. The Morgan fingerprint density at radius 3 is 2.40 bits per heavy atom. The van der Waals surface area contributed by atoms with E-state index in [1.165, 1.54) is 11.7 Å². The summed E-state index contributed by atoms with van der Waals surface area (Å²) in [6, 6.07) is 1.55. The average molecular weight is 370 g/mol. The van der Waals surface area contributed by atoms with Crippen LogP contribution in [0.2, 0.25) is 0 Å². The molecular formula is C15H17F3N6S. The lowest BCUT2D eigenvalue weighted by Gasteiger charge is -2.39. The average Bonchev–Trinajstić information content (AvgIpc) is 3.27. The smallest absolute Gasteiger partial charge is 0.354 e. The van der Waals surface area contributed by atoms with E-state index in [0.717, 1.165) is 57.0 Å². The Morgan fingerprint density at radius 2 is 1.80 bits per heavy atom. The molecule has 2 aromatic rings. The largest absolute Gasteiger partial charge is 0.433 e. The van der Waals surface area contributed by atoms with Crippen LogP contribution in [0.5, 0.6) is 0 Å². The van der Waals surface area contributed by atoms with Crippen molar-refractivity contribution in [2.24, 2.45) is 0 Å². The highest BCUT2D eigenvalue weighted by atomic mass is 32.1. The molecular weight excluding hydrogens is 353 g/mol. The van der Waals surface area contributed by atoms with Gasteiger partial charge in [0.05, 0.1) is 17.9 Å². The second kappa shape index (κ2) is 6.40. The fourth-order valence-electron chi connectivity index (χ4n) is 3.34. The Morgan fingerprint density at radius 1 is 1.08 bits per heavy atom. The fourth-order valence-corrected chi connectivity index (χ4v) is 3.78. The summed E-state index contributed by atoms with van der Waals surface area (Å²) in [6.07, 6.45) is 2.04. The lowest BCUT2D eigenvalue weighted by atomic mass is 10.0. The molecule has 0 N–H and O–H groups in total. The topological polar surface area (TPSA) is 58.0 Å². The van der Waals surface area contributed by atoms with Gasteiger partial charge in [0.1, 0.15) is 17.8 Å². The number of halogens is 3. The molecule has 3 heterocycles. The number of hydrogen-bond acceptors (Lipinski definition) is 7. The molecule has 134 valence electrons. The van der Waals surface area contributed by atoms with Crippen LogP contribution in [0.25, 0.3) is 0 Å². The second-order valence-electron chi connectivity index (χ2n) is 6.38. The van der Waals surface area contributed by atoms with E-state index in [4.69, 9.17) is 0 Å². The molecule has 6 nitrogen and oxygen atoms in total. The molecule has 25 heavy (non-hydrogen) atoms. The first-order valence-electron chi connectivity index (χ1n) is 8.22. The monoisotopic (exact) mass is 370 g/mol. The van der Waals surface area contributed by atoms with Crippen molar-refractivity contribution in [1.29, 1.82) is 0 Å². The highest BCUT2D eigenvalue weighted by molar-refractivity contribution is 6.99. The second-order valence-corrected chi connectivity index (χ2v) is 6.94. The van der Waals surface area contributed by atoms with Gasteiger partial charge in [-0.15, -0.1) is 0 Å². The van der Waals surface area contributed by atoms with E-state index in [1.54, 1.807) is 6.20 Å². The normalized spacial score (nSPS) is 19.2. The minimum atomic E-state index is -4.45. The quantitative estimate of drug-likeness (QED) is 0.825. The number of piperidine rings is 1. The van der Waals surface area contributed by atoms with Gasteiger partial charge in [-0.2, -0.15) is 21.9 Å². The Balaban J connectivity index is 1.51. The standard InChI is InChI=1S/C15H17F3N6S/c16-15(17,18)12-7-13(20-9-19-12)24(10-1-2-10)11-3-5-23(6-4-11)14-8-21-25-22-14/h7-11H,1-6H2. The molecule has 1 saturated carbocycles. The third-order valence-electron chi connectivity index (χ3n) is 4.68. The summed E-state index contributed by atoms with van der Waals surface area (Å²) in [5.74, 6) is 1.27. The minimum absolute atomic E-state index is 0.186. The molecule has 0 aromatic carbocycles. The van der Waals surface area contributed by atoms with Crippen LogP contribution in [-0.2, 0) is 6.18 Å². The summed E-state index contributed by atoms with van der Waals surface area (Å²) in [5, 5.41) is 0. The van der Waals surface area contributed by atoms with Crippen LogP contribution < -0.4 is 9.80 Å². The summed E-state index contributed by atoms with van der Waals surface area (Å²) in [4.78, 5) is 11.8. The van der Waals surface area contributed by atoms with Crippen molar-refractivity contribution in [2.75, 3.05) is 22.9 Å². The molecule has 2 aliphatic rings. The summed E-state index contributed by atoms with van der Waals surface area (Å²) < 4.78 is 47.2. The third kappa shape index (κ3) is 3.53. The Kier molecular flexibility index (Phi) is 4.22. The van der Waals surface area contributed by atoms with E-state index in [1.807, 2.05) is 0 Å². The number of rotatable bonds is 4. The van der Waals surface area contributed by atoms with Gasteiger partial charge in [0.15, 0.2) is 5.82 Å². The Hall–Kier alpha value is -1.97. The van der Waals surface area contributed by atoms with Gasteiger partial charge in [-0.1, -0.05) is 0 Å². The molecule has 4 rings (SSSR count). The van der Waals surface area contributed by atoms with Crippen molar-refractivity contribution in [2.45, 2.75) is 43.9 Å². The third-order valence-corrected chi connectivity index (χ3v) is 5.15. The predicted octanol–water partition coefficient (Wildman–Crippen LogP) is 2.98. The molecule has 1 aliphatic carbocycles. The summed E-state index contributed by atoms with van der Waals surface area (Å²) in [6.45, 7) is 1.63. The molecule has 2 aromatic heterocycles. The zero-order valence-electron chi connectivity index (χ0n) is 13.4. The van der Waals surface area contributed by atoms with Crippen LogP contribution in [0.15, 0.2) is 18.6 Å². The van der Waals surface area contributed by atoms with Crippen molar-refractivity contribution < 1.29 is 13.2 Å². The van der Waals surface area contributed by atoms with E-state index < -0.39 is 11.9 Å². The summed E-state index contributed by atoms with van der Waals surface area (Å²) in [5.41, 5.74) is -0.880. The summed E-state index contributed by atoms with van der Waals surface area (Å²) in [7, 11) is 0. The maximum absolute atomic E-state index is 13.0. The molecule has 0 radical (unpaired) electrons. The van der Waals surface area contributed by atoms with Gasteiger partial charge >= 0.3 is 6.18 Å². The number of nitrogens with zero attached hydrogens (tertiary/aromatic N) is 6. The highest BCUT2D eigenvalue weighted by Gasteiger charge is 2.39. The van der Waals surface area contributed by atoms with Crippen molar-refractivity contribution in [3.05, 3.63) is 24.3 Å². The molecule has 0 amide bonds. The van der Waals surface area contributed by atoms with Gasteiger partial charge in [0.25, 0.3) is 0 Å². The molecule has 2 fully saturated rings. The zero-order chi connectivity index (χ0) is 17.4. The first-order chi connectivity index (χ1) is 12.0. The summed E-state index contributed by atoms with van der Waals surface area (Å²) >= 11 is 1.18. The van der Waals surface area contributed by atoms with Crippen molar-refractivity contribution >= 4 is 23.4 Å². The van der Waals surface area contributed by atoms with Crippen LogP contribution in [0, 0.1) is 0 Å². The molecule has 1 aliphatic heterocycles. The first kappa shape index (κ1) is 16.5. The maximum Gasteiger partial charge on any atom is 0.433 e. The molecule has 0 atom stereocenters. The van der Waals surface area contributed by atoms with E-state index in [-0.39, 0.29) is 12.1 Å². The van der Waals surface area contributed by atoms with E-state index >= 15 is 0 Å². The van der Waals surface area contributed by atoms with Crippen LogP contribution in [0.4, 0.5) is 24.8 Å². The minimum Gasteiger partial charge on any atom is -0.354 e.